The van der Waals surface area contributed by atoms with Crippen LogP contribution in [0, 0.1) is 23.7 Å². The van der Waals surface area contributed by atoms with Crippen molar-refractivity contribution in [1.82, 2.24) is 9.97 Å². The van der Waals surface area contributed by atoms with Crippen molar-refractivity contribution in [2.75, 3.05) is 0 Å². The number of aryl methyl sites for hydroxylation is 1. The Morgan fingerprint density at radius 2 is 1.11 bits per heavy atom. The van der Waals surface area contributed by atoms with Crippen molar-refractivity contribution in [3.63, 3.8) is 0 Å². The molecule has 0 bridgehead atoms. The molecule has 0 saturated heterocycles. The molecule has 1 aromatic carbocycles. The zero-order valence-electron chi connectivity index (χ0n) is 30.4. The minimum absolute atomic E-state index is 0.0430. The van der Waals surface area contributed by atoms with Crippen LogP contribution in [0.15, 0.2) is 36.7 Å². The van der Waals surface area contributed by atoms with Gasteiger partial charge in [0.15, 0.2) is 5.82 Å². The summed E-state index contributed by atoms with van der Waals surface area (Å²) in [6.45, 7) is 4.58. The van der Waals surface area contributed by atoms with Crippen LogP contribution in [-0.2, 0) is 11.2 Å². The number of rotatable bonds is 22. The summed E-state index contributed by atoms with van der Waals surface area (Å²) < 4.78 is 5.85. The van der Waals surface area contributed by atoms with Gasteiger partial charge in [0.05, 0.1) is 5.92 Å². The number of benzene rings is 1. The predicted molar refractivity (Wildman–Crippen MR) is 198 cm³/mol. The predicted octanol–water partition coefficient (Wildman–Crippen LogP) is 12.9. The Balaban J connectivity index is 1.08. The van der Waals surface area contributed by atoms with E-state index in [2.05, 4.69) is 23.8 Å². The Hall–Kier alpha value is -2.23. The van der Waals surface area contributed by atoms with E-state index < -0.39 is 0 Å². The first kappa shape index (κ1) is 37.6. The van der Waals surface area contributed by atoms with Crippen molar-refractivity contribution >= 4 is 5.97 Å². The van der Waals surface area contributed by atoms with Crippen LogP contribution in [0.25, 0.3) is 11.4 Å². The molecular formula is C43H68N2O2. The Bertz CT molecular complexity index is 1080. The average Bonchev–Trinajstić information content (AvgIpc) is 3.11. The van der Waals surface area contributed by atoms with Crippen molar-refractivity contribution in [2.24, 2.45) is 23.7 Å². The molecule has 0 amide bonds. The number of aromatic nitrogens is 2. The molecule has 4 heteroatoms. The van der Waals surface area contributed by atoms with Gasteiger partial charge in [-0.2, -0.15) is 0 Å². The van der Waals surface area contributed by atoms with Gasteiger partial charge in [-0.15, -0.1) is 0 Å². The van der Waals surface area contributed by atoms with E-state index in [0.717, 1.165) is 48.4 Å². The van der Waals surface area contributed by atoms with Gasteiger partial charge in [0.25, 0.3) is 0 Å². The third-order valence-electron chi connectivity index (χ3n) is 11.5. The molecule has 1 aromatic heterocycles. The van der Waals surface area contributed by atoms with Gasteiger partial charge < -0.3 is 4.74 Å². The summed E-state index contributed by atoms with van der Waals surface area (Å²) in [5.74, 6) is 4.02. The highest BCUT2D eigenvalue weighted by molar-refractivity contribution is 5.75. The second kappa shape index (κ2) is 22.4. The lowest BCUT2D eigenvalue weighted by molar-refractivity contribution is -0.140. The second-order valence-electron chi connectivity index (χ2n) is 15.2. The molecule has 0 unspecified atom stereocenters. The van der Waals surface area contributed by atoms with Crippen LogP contribution in [-0.4, -0.2) is 15.9 Å². The van der Waals surface area contributed by atoms with Gasteiger partial charge in [-0.1, -0.05) is 129 Å². The first-order valence-electron chi connectivity index (χ1n) is 20.3. The molecule has 0 spiro atoms. The van der Waals surface area contributed by atoms with E-state index in [9.17, 15) is 4.79 Å². The molecule has 2 aliphatic rings. The number of ether oxygens (including phenoxy) is 1. The van der Waals surface area contributed by atoms with E-state index in [-0.39, 0.29) is 11.9 Å². The van der Waals surface area contributed by atoms with Crippen LogP contribution in [0.5, 0.6) is 5.75 Å². The minimum atomic E-state index is -0.0496. The highest BCUT2D eigenvalue weighted by atomic mass is 16.5. The van der Waals surface area contributed by atoms with Crippen LogP contribution in [0.1, 0.15) is 180 Å². The standard InChI is InChI=1S/C43H68N2O2/c1-3-5-7-9-11-12-13-14-16-18-20-36-33-44-42(45-34-36)39-29-31-41(32-30-39)47-43(46)40-27-25-38(26-28-40)37-23-21-35(22-24-37)19-17-15-10-8-6-4-2/h29-35,37-38,40H,3-28H2,1-2H3/t35-,37-,38-,40-. The molecule has 2 fully saturated rings. The van der Waals surface area contributed by atoms with E-state index in [0.29, 0.717) is 5.75 Å². The van der Waals surface area contributed by atoms with Gasteiger partial charge in [0, 0.05) is 18.0 Å². The molecule has 0 aliphatic heterocycles. The summed E-state index contributed by atoms with van der Waals surface area (Å²) in [5.41, 5.74) is 2.17. The second-order valence-corrected chi connectivity index (χ2v) is 15.2. The van der Waals surface area contributed by atoms with E-state index in [4.69, 9.17) is 4.74 Å². The fraction of sp³-hybridized carbons (Fsp3) is 0.744. The first-order valence-corrected chi connectivity index (χ1v) is 20.3. The normalized spacial score (nSPS) is 21.5. The number of hydrogen-bond acceptors (Lipinski definition) is 4. The zero-order valence-corrected chi connectivity index (χ0v) is 30.4. The number of carbonyl (C=O) groups is 1. The summed E-state index contributed by atoms with van der Waals surface area (Å²) in [4.78, 5) is 22.3. The van der Waals surface area contributed by atoms with Gasteiger partial charge in [-0.05, 0) is 98.9 Å². The van der Waals surface area contributed by atoms with Gasteiger partial charge in [0.1, 0.15) is 5.75 Å². The molecule has 2 saturated carbocycles. The van der Waals surface area contributed by atoms with Gasteiger partial charge >= 0.3 is 5.97 Å². The zero-order chi connectivity index (χ0) is 32.9. The molecule has 2 aromatic rings. The fourth-order valence-electron chi connectivity index (χ4n) is 8.31. The number of carbonyl (C=O) groups excluding carboxylic acids is 1. The summed E-state index contributed by atoms with van der Waals surface area (Å²) >= 11 is 0. The van der Waals surface area contributed by atoms with E-state index in [1.807, 2.05) is 36.7 Å². The Morgan fingerprint density at radius 3 is 1.66 bits per heavy atom. The first-order chi connectivity index (χ1) is 23.2. The van der Waals surface area contributed by atoms with Crippen molar-refractivity contribution in [1.29, 1.82) is 0 Å². The lowest BCUT2D eigenvalue weighted by atomic mass is 9.68. The Kier molecular flexibility index (Phi) is 17.9. The summed E-state index contributed by atoms with van der Waals surface area (Å²) in [7, 11) is 0. The lowest BCUT2D eigenvalue weighted by Gasteiger charge is -2.37. The van der Waals surface area contributed by atoms with Crippen LogP contribution < -0.4 is 4.74 Å². The maximum absolute atomic E-state index is 13.0. The molecule has 4 rings (SSSR count). The van der Waals surface area contributed by atoms with Crippen molar-refractivity contribution in [2.45, 2.75) is 181 Å². The molecule has 0 radical (unpaired) electrons. The third-order valence-corrected chi connectivity index (χ3v) is 11.5. The number of hydrogen-bond donors (Lipinski definition) is 0. The fourth-order valence-corrected chi connectivity index (χ4v) is 8.31. The third kappa shape index (κ3) is 14.0. The van der Waals surface area contributed by atoms with Crippen LogP contribution in [0.3, 0.4) is 0 Å². The topological polar surface area (TPSA) is 52.1 Å². The van der Waals surface area contributed by atoms with Crippen molar-refractivity contribution in [3.05, 3.63) is 42.2 Å². The highest BCUT2D eigenvalue weighted by Crippen LogP contribution is 2.42. The van der Waals surface area contributed by atoms with Gasteiger partial charge in [-0.3, -0.25) is 4.79 Å². The van der Waals surface area contributed by atoms with Crippen LogP contribution >= 0.6 is 0 Å². The largest absolute Gasteiger partial charge is 0.426 e. The molecule has 0 N–H and O–H groups in total. The van der Waals surface area contributed by atoms with Gasteiger partial charge in [-0.25, -0.2) is 9.97 Å². The maximum Gasteiger partial charge on any atom is 0.314 e. The highest BCUT2D eigenvalue weighted by Gasteiger charge is 2.33. The molecular weight excluding hydrogens is 576 g/mol. The molecule has 0 atom stereocenters. The van der Waals surface area contributed by atoms with E-state index >= 15 is 0 Å². The van der Waals surface area contributed by atoms with E-state index in [1.54, 1.807) is 0 Å². The molecule has 4 nitrogen and oxygen atoms in total. The Morgan fingerprint density at radius 1 is 0.617 bits per heavy atom. The maximum atomic E-state index is 13.0. The molecule has 2 aliphatic carbocycles. The average molecular weight is 645 g/mol. The number of unbranched alkanes of at least 4 members (excludes halogenated alkanes) is 14. The number of nitrogens with zero attached hydrogens (tertiary/aromatic N) is 2. The van der Waals surface area contributed by atoms with Crippen LogP contribution in [0.2, 0.25) is 0 Å². The monoisotopic (exact) mass is 645 g/mol. The minimum Gasteiger partial charge on any atom is -0.426 e. The SMILES string of the molecule is CCCCCCCCCCCCc1cnc(-c2ccc(OC(=O)[C@H]3CC[C@H]([C@H]4CC[C@H](CCCCCCCC)CC4)CC3)cc2)nc1. The summed E-state index contributed by atoms with van der Waals surface area (Å²) in [6, 6.07) is 7.73. The Labute approximate surface area is 288 Å². The smallest absolute Gasteiger partial charge is 0.314 e. The lowest BCUT2D eigenvalue weighted by Crippen LogP contribution is -2.30. The summed E-state index contributed by atoms with van der Waals surface area (Å²) in [5, 5.41) is 0. The number of esters is 1. The van der Waals surface area contributed by atoms with E-state index in [1.165, 1.54) is 153 Å². The van der Waals surface area contributed by atoms with Gasteiger partial charge in [0.2, 0.25) is 0 Å². The quantitative estimate of drug-likeness (QED) is 0.0727. The van der Waals surface area contributed by atoms with Crippen molar-refractivity contribution < 1.29 is 9.53 Å². The van der Waals surface area contributed by atoms with Crippen molar-refractivity contribution in [3.8, 4) is 17.1 Å². The molecule has 47 heavy (non-hydrogen) atoms. The molecule has 1 heterocycles. The molecule has 262 valence electrons. The van der Waals surface area contributed by atoms with Crippen LogP contribution in [0.4, 0.5) is 0 Å². The summed E-state index contributed by atoms with van der Waals surface area (Å²) in [6.07, 6.45) is 38.5.